The Bertz CT molecular complexity index is 792. The fraction of sp³-hybridized carbons (Fsp3) is 0.368. The molecular weight excluding hydrogens is 304 g/mol. The maximum atomic E-state index is 12.4. The second kappa shape index (κ2) is 6.51. The van der Waals surface area contributed by atoms with Crippen LogP contribution in [0, 0.1) is 0 Å². The van der Waals surface area contributed by atoms with E-state index in [2.05, 4.69) is 16.5 Å². The summed E-state index contributed by atoms with van der Waals surface area (Å²) in [5.41, 5.74) is 3.35. The Morgan fingerprint density at radius 2 is 2.17 bits per heavy atom. The lowest BCUT2D eigenvalue weighted by Gasteiger charge is -2.16. The first kappa shape index (κ1) is 15.0. The topological polar surface area (TPSA) is 64.4 Å². The number of carbonyl (C=O) groups excluding carboxylic acids is 1. The molecule has 2 aromatic rings. The van der Waals surface area contributed by atoms with Gasteiger partial charge in [0.2, 0.25) is 0 Å². The summed E-state index contributed by atoms with van der Waals surface area (Å²) in [5.74, 6) is 1.20. The fourth-order valence-corrected chi connectivity index (χ4v) is 3.32. The number of ether oxygens (including phenoxy) is 1. The summed E-state index contributed by atoms with van der Waals surface area (Å²) < 4.78 is 11.1. The van der Waals surface area contributed by atoms with Crippen LogP contribution >= 0.6 is 0 Å². The summed E-state index contributed by atoms with van der Waals surface area (Å²) in [6.07, 6.45) is 8.07. The van der Waals surface area contributed by atoms with E-state index >= 15 is 0 Å². The van der Waals surface area contributed by atoms with Crippen LogP contribution in [0.4, 0.5) is 0 Å². The van der Waals surface area contributed by atoms with E-state index in [9.17, 15) is 4.79 Å². The molecule has 1 amide bonds. The molecular formula is C19H20N2O3. The third kappa shape index (κ3) is 2.82. The lowest BCUT2D eigenvalue weighted by Crippen LogP contribution is -2.26. The number of hydrogen-bond acceptors (Lipinski definition) is 4. The van der Waals surface area contributed by atoms with Gasteiger partial charge in [-0.15, -0.1) is 0 Å². The van der Waals surface area contributed by atoms with E-state index in [4.69, 9.17) is 9.26 Å². The SMILES string of the molecule is O=C(NCCC1=CCCCC1)c1noc2c1COc1ccccc1-2. The van der Waals surface area contributed by atoms with Gasteiger partial charge < -0.3 is 14.6 Å². The van der Waals surface area contributed by atoms with Gasteiger partial charge in [-0.2, -0.15) is 0 Å². The predicted octanol–water partition coefficient (Wildman–Crippen LogP) is 3.85. The zero-order valence-corrected chi connectivity index (χ0v) is 13.5. The summed E-state index contributed by atoms with van der Waals surface area (Å²) in [5, 5.41) is 6.93. The smallest absolute Gasteiger partial charge is 0.273 e. The van der Waals surface area contributed by atoms with Gasteiger partial charge in [-0.25, -0.2) is 0 Å². The Balaban J connectivity index is 1.45. The Kier molecular flexibility index (Phi) is 4.07. The normalized spacial score (nSPS) is 15.8. The van der Waals surface area contributed by atoms with Gasteiger partial charge in [-0.3, -0.25) is 4.79 Å². The molecule has 5 nitrogen and oxygen atoms in total. The maximum Gasteiger partial charge on any atom is 0.273 e. The molecule has 1 aliphatic heterocycles. The minimum absolute atomic E-state index is 0.195. The van der Waals surface area contributed by atoms with Gasteiger partial charge in [0.05, 0.1) is 11.1 Å². The molecule has 124 valence electrons. The molecule has 0 atom stereocenters. The molecule has 0 fully saturated rings. The molecule has 1 N–H and O–H groups in total. The number of rotatable bonds is 4. The number of nitrogens with zero attached hydrogens (tertiary/aromatic N) is 1. The zero-order valence-electron chi connectivity index (χ0n) is 13.5. The summed E-state index contributed by atoms with van der Waals surface area (Å²) in [7, 11) is 0. The van der Waals surface area contributed by atoms with Crippen LogP contribution in [0.15, 0.2) is 40.4 Å². The number of hydrogen-bond donors (Lipinski definition) is 1. The van der Waals surface area contributed by atoms with Gasteiger partial charge in [0.15, 0.2) is 11.5 Å². The highest BCUT2D eigenvalue weighted by atomic mass is 16.5. The highest BCUT2D eigenvalue weighted by Crippen LogP contribution is 2.38. The monoisotopic (exact) mass is 324 g/mol. The van der Waals surface area contributed by atoms with Crippen LogP contribution in [0.5, 0.6) is 5.75 Å². The van der Waals surface area contributed by atoms with Crippen molar-refractivity contribution in [1.82, 2.24) is 10.5 Å². The number of fused-ring (bicyclic) bond motifs is 3. The van der Waals surface area contributed by atoms with E-state index in [0.717, 1.165) is 36.1 Å². The van der Waals surface area contributed by atoms with Crippen molar-refractivity contribution >= 4 is 5.91 Å². The maximum absolute atomic E-state index is 12.4. The Morgan fingerprint density at radius 1 is 1.25 bits per heavy atom. The van der Waals surface area contributed by atoms with Crippen LogP contribution in [0.3, 0.4) is 0 Å². The Hall–Kier alpha value is -2.56. The molecule has 0 bridgehead atoms. The quantitative estimate of drug-likeness (QED) is 0.868. The number of nitrogens with one attached hydrogen (secondary N) is 1. The number of allylic oxidation sites excluding steroid dienone is 1. The zero-order chi connectivity index (χ0) is 16.4. The molecule has 1 aliphatic carbocycles. The van der Waals surface area contributed by atoms with Gasteiger partial charge in [0.25, 0.3) is 5.91 Å². The number of amides is 1. The van der Waals surface area contributed by atoms with Crippen molar-refractivity contribution in [2.24, 2.45) is 0 Å². The average Bonchev–Trinajstić information content (AvgIpc) is 3.07. The number of carbonyl (C=O) groups is 1. The molecule has 0 radical (unpaired) electrons. The summed E-state index contributed by atoms with van der Waals surface area (Å²) >= 11 is 0. The van der Waals surface area contributed by atoms with Crippen molar-refractivity contribution in [3.8, 4) is 17.1 Å². The lowest BCUT2D eigenvalue weighted by atomic mass is 9.97. The lowest BCUT2D eigenvalue weighted by molar-refractivity contribution is 0.0943. The summed E-state index contributed by atoms with van der Waals surface area (Å²) in [4.78, 5) is 12.4. The van der Waals surface area contributed by atoms with E-state index in [-0.39, 0.29) is 5.91 Å². The van der Waals surface area contributed by atoms with Crippen LogP contribution in [0.1, 0.15) is 48.2 Å². The van der Waals surface area contributed by atoms with Crippen LogP contribution < -0.4 is 10.1 Å². The van der Waals surface area contributed by atoms with Crippen molar-refractivity contribution in [2.75, 3.05) is 6.54 Å². The Labute approximate surface area is 140 Å². The van der Waals surface area contributed by atoms with Gasteiger partial charge in [-0.1, -0.05) is 28.9 Å². The van der Waals surface area contributed by atoms with Gasteiger partial charge in [0, 0.05) is 6.54 Å². The number of para-hydroxylation sites is 1. The minimum Gasteiger partial charge on any atom is -0.488 e. The molecule has 4 rings (SSSR count). The summed E-state index contributed by atoms with van der Waals surface area (Å²) in [6.45, 7) is 0.938. The second-order valence-corrected chi connectivity index (χ2v) is 6.24. The molecule has 0 saturated heterocycles. The second-order valence-electron chi connectivity index (χ2n) is 6.24. The fourth-order valence-electron chi connectivity index (χ4n) is 3.32. The molecule has 0 saturated carbocycles. The van der Waals surface area contributed by atoms with Crippen LogP contribution in [-0.2, 0) is 6.61 Å². The predicted molar refractivity (Wildman–Crippen MR) is 89.8 cm³/mol. The minimum atomic E-state index is -0.195. The molecule has 2 heterocycles. The third-order valence-electron chi connectivity index (χ3n) is 4.62. The highest BCUT2D eigenvalue weighted by molar-refractivity contribution is 5.95. The first-order chi connectivity index (χ1) is 11.8. The van der Waals surface area contributed by atoms with Gasteiger partial charge >= 0.3 is 0 Å². The molecule has 1 aromatic heterocycles. The van der Waals surface area contributed by atoms with E-state index in [1.165, 1.54) is 18.4 Å². The summed E-state index contributed by atoms with van der Waals surface area (Å²) in [6, 6.07) is 7.62. The molecule has 24 heavy (non-hydrogen) atoms. The van der Waals surface area contributed by atoms with Crippen LogP contribution in [0.25, 0.3) is 11.3 Å². The largest absolute Gasteiger partial charge is 0.488 e. The Morgan fingerprint density at radius 3 is 3.04 bits per heavy atom. The first-order valence-corrected chi connectivity index (χ1v) is 8.50. The van der Waals surface area contributed by atoms with Gasteiger partial charge in [0.1, 0.15) is 12.4 Å². The van der Waals surface area contributed by atoms with E-state index < -0.39 is 0 Å². The molecule has 0 unspecified atom stereocenters. The molecule has 0 spiro atoms. The van der Waals surface area contributed by atoms with Crippen molar-refractivity contribution in [1.29, 1.82) is 0 Å². The van der Waals surface area contributed by atoms with Crippen LogP contribution in [-0.4, -0.2) is 17.6 Å². The molecule has 5 heteroatoms. The highest BCUT2D eigenvalue weighted by Gasteiger charge is 2.28. The standard InChI is InChI=1S/C19H20N2O3/c22-19(20-11-10-13-6-2-1-3-7-13)17-15-12-23-16-9-5-4-8-14(16)18(15)24-21-17/h4-6,8-9H,1-3,7,10-12H2,(H,20,22). The van der Waals surface area contributed by atoms with E-state index in [0.29, 0.717) is 24.6 Å². The van der Waals surface area contributed by atoms with Gasteiger partial charge in [-0.05, 0) is 44.2 Å². The average molecular weight is 324 g/mol. The van der Waals surface area contributed by atoms with Crippen molar-refractivity contribution < 1.29 is 14.1 Å². The van der Waals surface area contributed by atoms with E-state index in [1.54, 1.807) is 0 Å². The van der Waals surface area contributed by atoms with Crippen molar-refractivity contribution in [2.45, 2.75) is 38.7 Å². The number of aromatic nitrogens is 1. The third-order valence-corrected chi connectivity index (χ3v) is 4.62. The van der Waals surface area contributed by atoms with E-state index in [1.807, 2.05) is 24.3 Å². The number of benzene rings is 1. The first-order valence-electron chi connectivity index (χ1n) is 8.50. The molecule has 1 aromatic carbocycles. The van der Waals surface area contributed by atoms with Crippen molar-refractivity contribution in [3.63, 3.8) is 0 Å². The van der Waals surface area contributed by atoms with Crippen LogP contribution in [0.2, 0.25) is 0 Å². The van der Waals surface area contributed by atoms with Crippen molar-refractivity contribution in [3.05, 3.63) is 47.2 Å². The molecule has 2 aliphatic rings.